The summed E-state index contributed by atoms with van der Waals surface area (Å²) >= 11 is 9.42. The van der Waals surface area contributed by atoms with Gasteiger partial charge in [0.1, 0.15) is 0 Å². The lowest BCUT2D eigenvalue weighted by atomic mass is 10.1. The number of nitrogens with one attached hydrogen (secondary N) is 1. The summed E-state index contributed by atoms with van der Waals surface area (Å²) in [6.45, 7) is 2.61. The minimum absolute atomic E-state index is 0.329. The second kappa shape index (κ2) is 6.96. The van der Waals surface area contributed by atoms with Crippen LogP contribution in [0.3, 0.4) is 0 Å². The van der Waals surface area contributed by atoms with E-state index in [1.54, 1.807) is 6.07 Å². The van der Waals surface area contributed by atoms with Gasteiger partial charge in [0.2, 0.25) is 0 Å². The van der Waals surface area contributed by atoms with Gasteiger partial charge < -0.3 is 10.1 Å². The molecule has 0 saturated carbocycles. The molecule has 0 spiro atoms. The first-order valence-electron chi connectivity index (χ1n) is 6.38. The zero-order chi connectivity index (χ0) is 15.4. The zero-order valence-electron chi connectivity index (χ0n) is 11.7. The van der Waals surface area contributed by atoms with Crippen LogP contribution >= 0.6 is 27.5 Å². The van der Waals surface area contributed by atoms with Crippen molar-refractivity contribution >= 4 is 39.2 Å². The fourth-order valence-electron chi connectivity index (χ4n) is 1.96. The van der Waals surface area contributed by atoms with Crippen molar-refractivity contribution in [2.45, 2.75) is 13.5 Å². The molecule has 0 aromatic heterocycles. The van der Waals surface area contributed by atoms with Crippen molar-refractivity contribution in [1.29, 1.82) is 0 Å². The molecule has 110 valence electrons. The van der Waals surface area contributed by atoms with Crippen LogP contribution in [0.25, 0.3) is 0 Å². The summed E-state index contributed by atoms with van der Waals surface area (Å²) in [5.41, 5.74) is 3.62. The number of hydrogen-bond acceptors (Lipinski definition) is 3. The molecule has 3 nitrogen and oxygen atoms in total. The summed E-state index contributed by atoms with van der Waals surface area (Å²) in [5, 5.41) is 4.05. The smallest absolute Gasteiger partial charge is 0.337 e. The Morgan fingerprint density at radius 2 is 2.05 bits per heavy atom. The summed E-state index contributed by atoms with van der Waals surface area (Å²) in [6, 6.07) is 11.1. The van der Waals surface area contributed by atoms with E-state index in [4.69, 9.17) is 16.3 Å². The average molecular weight is 369 g/mol. The summed E-state index contributed by atoms with van der Waals surface area (Å²) in [4.78, 5) is 11.5. The van der Waals surface area contributed by atoms with Crippen molar-refractivity contribution < 1.29 is 9.53 Å². The number of esters is 1. The minimum atomic E-state index is -0.329. The number of hydrogen-bond donors (Lipinski definition) is 1. The third-order valence-corrected chi connectivity index (χ3v) is 4.11. The van der Waals surface area contributed by atoms with Crippen LogP contribution in [0.2, 0.25) is 5.02 Å². The molecule has 0 amide bonds. The van der Waals surface area contributed by atoms with Crippen molar-refractivity contribution in [3.63, 3.8) is 0 Å². The highest BCUT2D eigenvalue weighted by molar-refractivity contribution is 9.10. The molecular formula is C16H15BrClNO2. The lowest BCUT2D eigenvalue weighted by Gasteiger charge is -2.12. The van der Waals surface area contributed by atoms with Crippen LogP contribution in [-0.2, 0) is 11.3 Å². The van der Waals surface area contributed by atoms with Gasteiger partial charge in [0.15, 0.2) is 0 Å². The van der Waals surface area contributed by atoms with Crippen LogP contribution in [-0.4, -0.2) is 13.1 Å². The topological polar surface area (TPSA) is 38.3 Å². The Morgan fingerprint density at radius 1 is 1.29 bits per heavy atom. The van der Waals surface area contributed by atoms with Gasteiger partial charge in [-0.05, 0) is 48.4 Å². The molecule has 2 rings (SSSR count). The highest BCUT2D eigenvalue weighted by Gasteiger charge is 2.08. The van der Waals surface area contributed by atoms with Gasteiger partial charge in [0.25, 0.3) is 0 Å². The van der Waals surface area contributed by atoms with E-state index < -0.39 is 0 Å². The molecule has 0 fully saturated rings. The number of benzene rings is 2. The van der Waals surface area contributed by atoms with Crippen molar-refractivity contribution in [3.05, 3.63) is 62.6 Å². The number of ether oxygens (including phenoxy) is 1. The molecule has 0 heterocycles. The van der Waals surface area contributed by atoms with Gasteiger partial charge >= 0.3 is 5.97 Å². The van der Waals surface area contributed by atoms with Crippen LogP contribution in [0, 0.1) is 6.92 Å². The van der Waals surface area contributed by atoms with Crippen molar-refractivity contribution in [2.24, 2.45) is 0 Å². The van der Waals surface area contributed by atoms with E-state index in [1.807, 2.05) is 37.3 Å². The third-order valence-electron chi connectivity index (χ3n) is 3.13. The van der Waals surface area contributed by atoms with Crippen LogP contribution in [0.1, 0.15) is 21.5 Å². The normalized spacial score (nSPS) is 10.3. The minimum Gasteiger partial charge on any atom is -0.465 e. The molecule has 0 aliphatic heterocycles. The molecule has 2 aromatic rings. The summed E-state index contributed by atoms with van der Waals surface area (Å²) < 4.78 is 5.67. The van der Waals surface area contributed by atoms with Crippen molar-refractivity contribution in [2.75, 3.05) is 12.4 Å². The van der Waals surface area contributed by atoms with E-state index in [0.717, 1.165) is 21.3 Å². The van der Waals surface area contributed by atoms with E-state index >= 15 is 0 Å². The first kappa shape index (κ1) is 15.9. The first-order valence-corrected chi connectivity index (χ1v) is 7.55. The van der Waals surface area contributed by atoms with Crippen LogP contribution in [0.15, 0.2) is 40.9 Å². The Balaban J connectivity index is 2.11. The average Bonchev–Trinajstić information content (AvgIpc) is 2.46. The molecule has 21 heavy (non-hydrogen) atoms. The number of carbonyl (C=O) groups is 1. The number of halogens is 2. The molecule has 5 heteroatoms. The molecule has 0 aliphatic rings. The highest BCUT2D eigenvalue weighted by atomic mass is 79.9. The van der Waals surface area contributed by atoms with Crippen LogP contribution < -0.4 is 5.32 Å². The number of aryl methyl sites for hydroxylation is 1. The first-order chi connectivity index (χ1) is 10.0. The second-order valence-corrected chi connectivity index (χ2v) is 5.90. The molecule has 1 N–H and O–H groups in total. The standard InChI is InChI=1S/C16H15BrClNO2/c1-10-7-11(16(20)21-2)4-6-15(10)19-9-12-3-5-13(18)8-14(12)17/h3-8,19H,9H2,1-2H3. The van der Waals surface area contributed by atoms with Gasteiger partial charge in [-0.15, -0.1) is 0 Å². The number of carbonyl (C=O) groups excluding carboxylic acids is 1. The Labute approximate surface area is 137 Å². The van der Waals surface area contributed by atoms with Gasteiger partial charge in [-0.3, -0.25) is 0 Å². The van der Waals surface area contributed by atoms with Crippen molar-refractivity contribution in [1.82, 2.24) is 0 Å². The molecule has 0 bridgehead atoms. The lowest BCUT2D eigenvalue weighted by Crippen LogP contribution is -2.05. The second-order valence-electron chi connectivity index (χ2n) is 4.61. The molecule has 0 atom stereocenters. The van der Waals surface area contributed by atoms with E-state index in [2.05, 4.69) is 21.2 Å². The Kier molecular flexibility index (Phi) is 5.26. The quantitative estimate of drug-likeness (QED) is 0.787. The molecule has 0 saturated heterocycles. The zero-order valence-corrected chi connectivity index (χ0v) is 14.1. The monoisotopic (exact) mass is 367 g/mol. The van der Waals surface area contributed by atoms with Gasteiger partial charge in [0, 0.05) is 21.7 Å². The highest BCUT2D eigenvalue weighted by Crippen LogP contribution is 2.23. The molecular weight excluding hydrogens is 354 g/mol. The van der Waals surface area contributed by atoms with Crippen LogP contribution in [0.5, 0.6) is 0 Å². The Morgan fingerprint density at radius 3 is 2.67 bits per heavy atom. The number of anilines is 1. The Bertz CT molecular complexity index is 673. The maximum Gasteiger partial charge on any atom is 0.337 e. The van der Waals surface area contributed by atoms with E-state index in [-0.39, 0.29) is 5.97 Å². The lowest BCUT2D eigenvalue weighted by molar-refractivity contribution is 0.0600. The van der Waals surface area contributed by atoms with E-state index in [0.29, 0.717) is 17.1 Å². The fourth-order valence-corrected chi connectivity index (χ4v) is 2.79. The fraction of sp³-hybridized carbons (Fsp3) is 0.188. The SMILES string of the molecule is COC(=O)c1ccc(NCc2ccc(Cl)cc2Br)c(C)c1. The maximum absolute atomic E-state index is 11.5. The van der Waals surface area contributed by atoms with Gasteiger partial charge in [-0.1, -0.05) is 33.6 Å². The predicted octanol–water partition coefficient (Wildman–Crippen LogP) is 4.81. The molecule has 0 aliphatic carbocycles. The summed E-state index contributed by atoms with van der Waals surface area (Å²) in [5.74, 6) is -0.329. The molecule has 0 unspecified atom stereocenters. The summed E-state index contributed by atoms with van der Waals surface area (Å²) in [6.07, 6.45) is 0. The molecule has 2 aromatic carbocycles. The van der Waals surface area contributed by atoms with E-state index in [1.165, 1.54) is 7.11 Å². The summed E-state index contributed by atoms with van der Waals surface area (Å²) in [7, 11) is 1.38. The van der Waals surface area contributed by atoms with Gasteiger partial charge in [0.05, 0.1) is 12.7 Å². The van der Waals surface area contributed by atoms with E-state index in [9.17, 15) is 4.79 Å². The van der Waals surface area contributed by atoms with Gasteiger partial charge in [-0.25, -0.2) is 4.79 Å². The Hall–Kier alpha value is -1.52. The van der Waals surface area contributed by atoms with Crippen LogP contribution in [0.4, 0.5) is 5.69 Å². The third kappa shape index (κ3) is 3.99. The number of methoxy groups -OCH3 is 1. The largest absolute Gasteiger partial charge is 0.465 e. The molecule has 0 radical (unpaired) electrons. The van der Waals surface area contributed by atoms with Crippen molar-refractivity contribution in [3.8, 4) is 0 Å². The van der Waals surface area contributed by atoms with Gasteiger partial charge in [-0.2, -0.15) is 0 Å². The maximum atomic E-state index is 11.5. The number of rotatable bonds is 4. The predicted molar refractivity (Wildman–Crippen MR) is 89.0 cm³/mol.